The van der Waals surface area contributed by atoms with Gasteiger partial charge in [-0.25, -0.2) is 4.39 Å². The molecule has 1 aromatic heterocycles. The molecule has 0 atom stereocenters. The highest BCUT2D eigenvalue weighted by atomic mass is 79.9. The number of aromatic nitrogens is 1. The van der Waals surface area contributed by atoms with E-state index in [0.29, 0.717) is 0 Å². The summed E-state index contributed by atoms with van der Waals surface area (Å²) in [5, 5.41) is 2.66. The third kappa shape index (κ3) is 3.17. The number of nitrogens with one attached hydrogen (secondary N) is 1. The van der Waals surface area contributed by atoms with Crippen LogP contribution in [0.3, 0.4) is 0 Å². The Morgan fingerprint density at radius 2 is 2.16 bits per heavy atom. The zero-order chi connectivity index (χ0) is 13.8. The van der Waals surface area contributed by atoms with E-state index in [1.807, 2.05) is 19.1 Å². The molecule has 0 unspecified atom stereocenters. The van der Waals surface area contributed by atoms with Gasteiger partial charge < -0.3 is 5.32 Å². The number of rotatable bonds is 3. The van der Waals surface area contributed by atoms with E-state index in [1.165, 1.54) is 6.07 Å². The smallest absolute Gasteiger partial charge is 0.254 e. The maximum absolute atomic E-state index is 13.7. The highest BCUT2D eigenvalue weighted by molar-refractivity contribution is 9.10. The van der Waals surface area contributed by atoms with Gasteiger partial charge in [0.05, 0.1) is 22.3 Å². The van der Waals surface area contributed by atoms with Crippen molar-refractivity contribution in [1.82, 2.24) is 10.3 Å². The van der Waals surface area contributed by atoms with Crippen molar-refractivity contribution in [1.29, 1.82) is 0 Å². The first-order chi connectivity index (χ1) is 9.09. The van der Waals surface area contributed by atoms with Crippen LogP contribution in [0, 0.1) is 12.7 Å². The standard InChI is InChI=1S/C14H12BrFN2O/c1-9-4-3-7-17-12(9)8-18-14(19)10-5-2-6-11(15)13(10)16/h2-7H,8H2,1H3,(H,18,19). The van der Waals surface area contributed by atoms with Crippen molar-refractivity contribution in [2.75, 3.05) is 0 Å². The van der Waals surface area contributed by atoms with Crippen LogP contribution in [0.5, 0.6) is 0 Å². The largest absolute Gasteiger partial charge is 0.346 e. The van der Waals surface area contributed by atoms with E-state index in [1.54, 1.807) is 18.3 Å². The number of halogens is 2. The minimum Gasteiger partial charge on any atom is -0.346 e. The number of pyridine rings is 1. The van der Waals surface area contributed by atoms with Gasteiger partial charge in [-0.2, -0.15) is 0 Å². The molecule has 0 radical (unpaired) electrons. The van der Waals surface area contributed by atoms with Gasteiger partial charge in [0.15, 0.2) is 0 Å². The highest BCUT2D eigenvalue weighted by Crippen LogP contribution is 2.18. The van der Waals surface area contributed by atoms with Gasteiger partial charge in [0.1, 0.15) is 5.82 Å². The highest BCUT2D eigenvalue weighted by Gasteiger charge is 2.13. The van der Waals surface area contributed by atoms with Gasteiger partial charge >= 0.3 is 0 Å². The summed E-state index contributed by atoms with van der Waals surface area (Å²) in [7, 11) is 0. The molecule has 1 aromatic carbocycles. The summed E-state index contributed by atoms with van der Waals surface area (Å²) in [4.78, 5) is 16.1. The second kappa shape index (κ2) is 5.93. The first kappa shape index (κ1) is 13.7. The Morgan fingerprint density at radius 3 is 2.89 bits per heavy atom. The maximum Gasteiger partial charge on any atom is 0.254 e. The molecule has 0 saturated heterocycles. The van der Waals surface area contributed by atoms with Crippen LogP contribution in [-0.4, -0.2) is 10.9 Å². The fraction of sp³-hybridized carbons (Fsp3) is 0.143. The van der Waals surface area contributed by atoms with Crippen LogP contribution in [0.1, 0.15) is 21.6 Å². The molecule has 2 aromatic rings. The SMILES string of the molecule is Cc1cccnc1CNC(=O)c1cccc(Br)c1F. The fourth-order valence-electron chi connectivity index (χ4n) is 1.64. The average molecular weight is 323 g/mol. The molecule has 1 amide bonds. The lowest BCUT2D eigenvalue weighted by molar-refractivity contribution is 0.0946. The summed E-state index contributed by atoms with van der Waals surface area (Å²) in [5.74, 6) is -1.01. The molecule has 3 nitrogen and oxygen atoms in total. The van der Waals surface area contributed by atoms with Crippen molar-refractivity contribution >= 4 is 21.8 Å². The lowest BCUT2D eigenvalue weighted by Gasteiger charge is -2.08. The lowest BCUT2D eigenvalue weighted by atomic mass is 10.2. The summed E-state index contributed by atoms with van der Waals surface area (Å²) in [6, 6.07) is 8.35. The van der Waals surface area contributed by atoms with Crippen LogP contribution in [0.25, 0.3) is 0 Å². The molecule has 1 heterocycles. The molecule has 0 spiro atoms. The van der Waals surface area contributed by atoms with Gasteiger partial charge in [0.2, 0.25) is 0 Å². The van der Waals surface area contributed by atoms with Crippen molar-refractivity contribution in [2.24, 2.45) is 0 Å². The molecule has 0 fully saturated rings. The van der Waals surface area contributed by atoms with E-state index in [0.717, 1.165) is 11.3 Å². The predicted molar refractivity (Wildman–Crippen MR) is 74.2 cm³/mol. The van der Waals surface area contributed by atoms with Crippen molar-refractivity contribution in [3.63, 3.8) is 0 Å². The van der Waals surface area contributed by atoms with Crippen LogP contribution >= 0.6 is 15.9 Å². The van der Waals surface area contributed by atoms with E-state index in [-0.39, 0.29) is 16.6 Å². The monoisotopic (exact) mass is 322 g/mol. The Labute approximate surface area is 119 Å². The van der Waals surface area contributed by atoms with Crippen LogP contribution in [0.4, 0.5) is 4.39 Å². The molecule has 19 heavy (non-hydrogen) atoms. The Balaban J connectivity index is 2.10. The number of benzene rings is 1. The minimum atomic E-state index is -0.558. The van der Waals surface area contributed by atoms with Gasteiger partial charge in [-0.05, 0) is 46.6 Å². The lowest BCUT2D eigenvalue weighted by Crippen LogP contribution is -2.24. The third-order valence-electron chi connectivity index (χ3n) is 2.73. The van der Waals surface area contributed by atoms with Gasteiger partial charge in [-0.1, -0.05) is 12.1 Å². The second-order valence-corrected chi connectivity index (χ2v) is 4.91. The molecular formula is C14H12BrFN2O. The molecule has 0 saturated carbocycles. The molecule has 5 heteroatoms. The molecule has 0 aliphatic heterocycles. The Bertz CT molecular complexity index is 616. The van der Waals surface area contributed by atoms with Crippen molar-refractivity contribution in [2.45, 2.75) is 13.5 Å². The van der Waals surface area contributed by atoms with Gasteiger partial charge in [-0.3, -0.25) is 9.78 Å². The third-order valence-corrected chi connectivity index (χ3v) is 3.34. The Kier molecular flexibility index (Phi) is 4.27. The van der Waals surface area contributed by atoms with E-state index < -0.39 is 11.7 Å². The molecule has 0 aliphatic rings. The fourth-order valence-corrected chi connectivity index (χ4v) is 2.01. The maximum atomic E-state index is 13.7. The van der Waals surface area contributed by atoms with Crippen molar-refractivity contribution < 1.29 is 9.18 Å². The summed E-state index contributed by atoms with van der Waals surface area (Å²) in [6.45, 7) is 2.19. The number of hydrogen-bond donors (Lipinski definition) is 1. The summed E-state index contributed by atoms with van der Waals surface area (Å²) in [5.41, 5.74) is 1.77. The number of amides is 1. The number of nitrogens with zero attached hydrogens (tertiary/aromatic N) is 1. The summed E-state index contributed by atoms with van der Waals surface area (Å²) >= 11 is 3.05. The van der Waals surface area contributed by atoms with Gasteiger partial charge in [-0.15, -0.1) is 0 Å². The van der Waals surface area contributed by atoms with Crippen LogP contribution in [0.2, 0.25) is 0 Å². The molecule has 98 valence electrons. The average Bonchev–Trinajstić information content (AvgIpc) is 2.40. The van der Waals surface area contributed by atoms with Crippen molar-refractivity contribution in [3.05, 3.63) is 63.6 Å². The van der Waals surface area contributed by atoms with Crippen LogP contribution in [-0.2, 0) is 6.54 Å². The Hall–Kier alpha value is -1.75. The first-order valence-electron chi connectivity index (χ1n) is 5.72. The number of carbonyl (C=O) groups is 1. The normalized spacial score (nSPS) is 10.3. The minimum absolute atomic E-state index is 0.0166. The quantitative estimate of drug-likeness (QED) is 0.942. The summed E-state index contributed by atoms with van der Waals surface area (Å²) < 4.78 is 14.0. The van der Waals surface area contributed by atoms with E-state index in [2.05, 4.69) is 26.2 Å². The predicted octanol–water partition coefficient (Wildman–Crippen LogP) is 3.22. The summed E-state index contributed by atoms with van der Waals surface area (Å²) in [6.07, 6.45) is 1.66. The Morgan fingerprint density at radius 1 is 1.37 bits per heavy atom. The molecule has 0 aliphatic carbocycles. The molecule has 0 bridgehead atoms. The van der Waals surface area contributed by atoms with E-state index in [4.69, 9.17) is 0 Å². The topological polar surface area (TPSA) is 42.0 Å². The van der Waals surface area contributed by atoms with E-state index in [9.17, 15) is 9.18 Å². The number of carbonyl (C=O) groups excluding carboxylic acids is 1. The molecular weight excluding hydrogens is 311 g/mol. The van der Waals surface area contributed by atoms with Gasteiger partial charge in [0, 0.05) is 6.20 Å². The second-order valence-electron chi connectivity index (χ2n) is 4.05. The molecule has 2 rings (SSSR count). The van der Waals surface area contributed by atoms with Crippen LogP contribution in [0.15, 0.2) is 41.0 Å². The molecule has 1 N–H and O–H groups in total. The number of aryl methyl sites for hydroxylation is 1. The zero-order valence-electron chi connectivity index (χ0n) is 10.3. The zero-order valence-corrected chi connectivity index (χ0v) is 11.9. The van der Waals surface area contributed by atoms with Crippen molar-refractivity contribution in [3.8, 4) is 0 Å². The van der Waals surface area contributed by atoms with E-state index >= 15 is 0 Å². The van der Waals surface area contributed by atoms with Gasteiger partial charge in [0.25, 0.3) is 5.91 Å². The first-order valence-corrected chi connectivity index (χ1v) is 6.51. The van der Waals surface area contributed by atoms with Crippen LogP contribution < -0.4 is 5.32 Å². The number of hydrogen-bond acceptors (Lipinski definition) is 2.